The van der Waals surface area contributed by atoms with E-state index in [1.54, 1.807) is 0 Å². The molecule has 5 aliphatic heterocycles. The molecule has 0 bridgehead atoms. The Kier molecular flexibility index (Phi) is 23.0. The van der Waals surface area contributed by atoms with Crippen molar-refractivity contribution in [2.24, 2.45) is 0 Å². The molecule has 0 aromatic carbocycles. The summed E-state index contributed by atoms with van der Waals surface area (Å²) in [5, 5.41) is 115. The van der Waals surface area contributed by atoms with Crippen LogP contribution in [0, 0.1) is 0 Å². The first kappa shape index (κ1) is 60.2. The molecule has 73 heavy (non-hydrogen) atoms. The lowest BCUT2D eigenvalue weighted by molar-refractivity contribution is -0.365. The van der Waals surface area contributed by atoms with Gasteiger partial charge in [-0.2, -0.15) is 0 Å². The predicted molar refractivity (Wildman–Crippen MR) is 239 cm³/mol. The van der Waals surface area contributed by atoms with E-state index in [4.69, 9.17) is 47.4 Å². The van der Waals surface area contributed by atoms with Gasteiger partial charge in [-0.05, 0) is 0 Å². The molecule has 30 nitrogen and oxygen atoms in total. The Balaban J connectivity index is 1.39. The number of aliphatic hydroxyl groups excluding tert-OH is 9. The van der Waals surface area contributed by atoms with Gasteiger partial charge in [0.2, 0.25) is 29.5 Å². The van der Waals surface area contributed by atoms with Gasteiger partial charge in [0.25, 0.3) is 0 Å². The number of aliphatic hydroxyl groups is 9. The number of carbonyl (C=O) groups excluding carboxylic acids is 5. The standard InChI is InChI=1S/C43H72N6O24/c1-7-8-64-40-27(46-17(3)56)31(60)36(23(12-51)66-40)71-42-29(48-19(5)58)33(62)38(25(14-53)68-42)73-43-30(49-20(6)59)34(63)37(26(15-54)69-43)72-41-28(47-18(4)57)32(61)35(24(13-52)67-41)70-39-22(45-16(2)55)10-44-9-21(11-50)65-39/h7,21-44,50-54,60-63H,1,8-15H2,2-6H3,(H,45,55)(H,46,56)(H,47,57)(H,48,58)(H,49,59)/t21-,22+,23+,24+,25+,26+,27+,28+,29+,30+,31+,32+,33+,34+,35+,36+,37+,38+,39-,40+,41-,42-,43-/m0/s1. The van der Waals surface area contributed by atoms with Crippen LogP contribution >= 0.6 is 0 Å². The van der Waals surface area contributed by atoms with E-state index in [1.165, 1.54) is 19.9 Å². The van der Waals surface area contributed by atoms with Crippen LogP contribution in [0.4, 0.5) is 0 Å². The van der Waals surface area contributed by atoms with Crippen molar-refractivity contribution in [2.45, 2.75) is 176 Å². The van der Waals surface area contributed by atoms with Crippen molar-refractivity contribution in [3.05, 3.63) is 12.7 Å². The highest BCUT2D eigenvalue weighted by Crippen LogP contribution is 2.35. The third kappa shape index (κ3) is 15.2. The summed E-state index contributed by atoms with van der Waals surface area (Å²) in [6, 6.07) is -7.04. The Bertz CT molecular complexity index is 1830. The summed E-state index contributed by atoms with van der Waals surface area (Å²) in [5.41, 5.74) is 0. The molecule has 418 valence electrons. The van der Waals surface area contributed by atoms with E-state index in [0.717, 1.165) is 20.8 Å². The van der Waals surface area contributed by atoms with Crippen LogP contribution in [0.25, 0.3) is 0 Å². The van der Waals surface area contributed by atoms with Gasteiger partial charge in [-0.15, -0.1) is 6.58 Å². The molecule has 5 aliphatic rings. The molecule has 0 spiro atoms. The molecule has 0 radical (unpaired) electrons. The number of nitrogens with one attached hydrogen (secondary N) is 6. The molecular weight excluding hydrogens is 984 g/mol. The van der Waals surface area contributed by atoms with Gasteiger partial charge in [-0.1, -0.05) is 6.08 Å². The molecule has 5 heterocycles. The lowest BCUT2D eigenvalue weighted by atomic mass is 9.93. The first-order chi connectivity index (χ1) is 34.7. The Morgan fingerprint density at radius 1 is 0.479 bits per heavy atom. The van der Waals surface area contributed by atoms with Crippen molar-refractivity contribution >= 4 is 29.5 Å². The third-order valence-electron chi connectivity index (χ3n) is 12.4. The van der Waals surface area contributed by atoms with Crippen LogP contribution in [0.5, 0.6) is 0 Å². The topological polar surface area (TPSA) is 432 Å². The van der Waals surface area contributed by atoms with Crippen LogP contribution in [0.3, 0.4) is 0 Å². The fourth-order valence-electron chi connectivity index (χ4n) is 9.21. The third-order valence-corrected chi connectivity index (χ3v) is 12.4. The van der Waals surface area contributed by atoms with Crippen molar-refractivity contribution < 1.29 is 117 Å². The second-order valence-electron chi connectivity index (χ2n) is 18.1. The normalized spacial score (nSPS) is 41.1. The lowest BCUT2D eigenvalue weighted by Gasteiger charge is -2.51. The summed E-state index contributed by atoms with van der Waals surface area (Å²) in [4.78, 5) is 62.2. The number of amides is 5. The molecule has 5 fully saturated rings. The van der Waals surface area contributed by atoms with Crippen molar-refractivity contribution in [1.29, 1.82) is 0 Å². The van der Waals surface area contributed by atoms with Gasteiger partial charge in [0.05, 0.1) is 51.8 Å². The van der Waals surface area contributed by atoms with E-state index < -0.39 is 204 Å². The van der Waals surface area contributed by atoms with Gasteiger partial charge in [0.15, 0.2) is 31.5 Å². The molecule has 30 heteroatoms. The van der Waals surface area contributed by atoms with E-state index in [2.05, 4.69) is 38.5 Å². The summed E-state index contributed by atoms with van der Waals surface area (Å²) in [6.07, 6.45) is -27.4. The van der Waals surface area contributed by atoms with Crippen molar-refractivity contribution in [3.63, 3.8) is 0 Å². The molecule has 23 atom stereocenters. The first-order valence-corrected chi connectivity index (χ1v) is 23.6. The second kappa shape index (κ2) is 27.9. The van der Waals surface area contributed by atoms with E-state index >= 15 is 0 Å². The van der Waals surface area contributed by atoms with Crippen molar-refractivity contribution in [1.82, 2.24) is 31.9 Å². The van der Waals surface area contributed by atoms with E-state index in [-0.39, 0.29) is 19.7 Å². The fourth-order valence-corrected chi connectivity index (χ4v) is 9.21. The van der Waals surface area contributed by atoms with Crippen LogP contribution in [-0.2, 0) is 71.3 Å². The van der Waals surface area contributed by atoms with E-state index in [9.17, 15) is 69.9 Å². The Hall–Kier alpha value is -3.71. The summed E-state index contributed by atoms with van der Waals surface area (Å²) in [6.45, 7) is 5.42. The van der Waals surface area contributed by atoms with Crippen LogP contribution in [0.1, 0.15) is 34.6 Å². The fraction of sp³-hybridized carbons (Fsp3) is 0.837. The van der Waals surface area contributed by atoms with Crippen LogP contribution in [-0.4, -0.2) is 269 Å². The molecule has 0 aromatic heterocycles. The minimum Gasteiger partial charge on any atom is -0.394 e. The zero-order chi connectivity index (χ0) is 53.8. The van der Waals surface area contributed by atoms with E-state index in [0.29, 0.717) is 0 Å². The highest BCUT2D eigenvalue weighted by molar-refractivity contribution is 5.75. The first-order valence-electron chi connectivity index (χ1n) is 23.6. The Morgan fingerprint density at radius 2 is 0.795 bits per heavy atom. The van der Waals surface area contributed by atoms with Crippen molar-refractivity contribution in [2.75, 3.05) is 52.7 Å². The summed E-state index contributed by atoms with van der Waals surface area (Å²) in [5.74, 6) is -3.30. The van der Waals surface area contributed by atoms with Crippen LogP contribution in [0.15, 0.2) is 12.7 Å². The number of ether oxygens (including phenoxy) is 10. The number of hydrogen-bond acceptors (Lipinski definition) is 25. The summed E-state index contributed by atoms with van der Waals surface area (Å²) >= 11 is 0. The zero-order valence-corrected chi connectivity index (χ0v) is 40.9. The minimum absolute atomic E-state index is 0.0799. The molecule has 0 unspecified atom stereocenters. The SMILES string of the molecule is C=CCO[C@@H]1O[C@H](CO)[C@@H](O[C@@H]2O[C@H](CO)[C@@H](O[C@@H]3O[C@H](CO)[C@@H](O[C@@H]4O[C@H](CO)[C@@H](O[C@@H]5O[C@H](CO)CNC[C@H]5NC(C)=O)[C@H](O)[C@H]4NC(C)=O)[C@H](O)[C@H]3NC(C)=O)[C@H](O)[C@H]2NC(C)=O)[C@H](O)[C@H]1NC(C)=O. The summed E-state index contributed by atoms with van der Waals surface area (Å²) < 4.78 is 60.1. The lowest BCUT2D eigenvalue weighted by Crippen LogP contribution is -2.72. The number of carbonyl (C=O) groups is 5. The Morgan fingerprint density at radius 3 is 1.10 bits per heavy atom. The van der Waals surface area contributed by atoms with Gasteiger partial charge in [0.1, 0.15) is 97.4 Å². The molecule has 0 saturated carbocycles. The maximum Gasteiger partial charge on any atom is 0.217 e. The maximum absolute atomic E-state index is 12.7. The molecule has 5 saturated heterocycles. The van der Waals surface area contributed by atoms with Gasteiger partial charge >= 0.3 is 0 Å². The van der Waals surface area contributed by atoms with Gasteiger partial charge < -0.3 is 125 Å². The largest absolute Gasteiger partial charge is 0.394 e. The summed E-state index contributed by atoms with van der Waals surface area (Å²) in [7, 11) is 0. The maximum atomic E-state index is 12.7. The minimum atomic E-state index is -1.95. The predicted octanol–water partition coefficient (Wildman–Crippen LogP) is -9.13. The average Bonchev–Trinajstić information content (AvgIpc) is 3.52. The molecule has 0 aromatic rings. The molecule has 0 aliphatic carbocycles. The average molecular weight is 1060 g/mol. The second-order valence-corrected chi connectivity index (χ2v) is 18.1. The van der Waals surface area contributed by atoms with Crippen LogP contribution < -0.4 is 31.9 Å². The molecule has 5 amide bonds. The highest BCUT2D eigenvalue weighted by Gasteiger charge is 2.57. The Labute approximate surface area is 419 Å². The van der Waals surface area contributed by atoms with Gasteiger partial charge in [0, 0.05) is 47.7 Å². The smallest absolute Gasteiger partial charge is 0.217 e. The number of rotatable bonds is 21. The zero-order valence-electron chi connectivity index (χ0n) is 40.9. The van der Waals surface area contributed by atoms with Crippen LogP contribution in [0.2, 0.25) is 0 Å². The van der Waals surface area contributed by atoms with E-state index in [1.807, 2.05) is 0 Å². The monoisotopic (exact) mass is 1060 g/mol. The molecule has 15 N–H and O–H groups in total. The quantitative estimate of drug-likeness (QED) is 0.0475. The molecular formula is C43H72N6O24. The highest BCUT2D eigenvalue weighted by atomic mass is 16.8. The van der Waals surface area contributed by atoms with Gasteiger partial charge in [-0.3, -0.25) is 24.0 Å². The van der Waals surface area contributed by atoms with Gasteiger partial charge in [-0.25, -0.2) is 0 Å². The molecule has 5 rings (SSSR count). The van der Waals surface area contributed by atoms with Crippen molar-refractivity contribution in [3.8, 4) is 0 Å². The number of hydrogen-bond donors (Lipinski definition) is 15.